The van der Waals surface area contributed by atoms with Crippen LogP contribution in [0.15, 0.2) is 51.7 Å². The third kappa shape index (κ3) is 2.26. The summed E-state index contributed by atoms with van der Waals surface area (Å²) >= 11 is 0. The Labute approximate surface area is 131 Å². The van der Waals surface area contributed by atoms with Crippen molar-refractivity contribution in [2.45, 2.75) is 6.42 Å². The number of hydrogen-bond acceptors (Lipinski definition) is 4. The number of fused-ring (bicyclic) bond motifs is 5. The fraction of sp³-hybridized carbons (Fsp3) is 0.167. The molecule has 4 aromatic rings. The average Bonchev–Trinajstić information content (AvgIpc) is 2.95. The van der Waals surface area contributed by atoms with Crippen LogP contribution in [-0.4, -0.2) is 23.3 Å². The van der Waals surface area contributed by atoms with E-state index in [1.165, 1.54) is 0 Å². The van der Waals surface area contributed by atoms with Gasteiger partial charge in [0.15, 0.2) is 0 Å². The molecule has 23 heavy (non-hydrogen) atoms. The standard InChI is InChI=1S/C18H15NO4/c20-8-3-9-22-11-6-7-12-14(10-11)19-18(21)16-13-4-1-2-5-15(13)23-17(12)16/h1-2,4-7,10,20H,3,8-9H2,(H,19,21). The van der Waals surface area contributed by atoms with Crippen LogP contribution in [0.1, 0.15) is 6.42 Å². The lowest BCUT2D eigenvalue weighted by molar-refractivity contribution is 0.233. The minimum absolute atomic E-state index is 0.0873. The highest BCUT2D eigenvalue weighted by Crippen LogP contribution is 2.31. The molecule has 0 aliphatic heterocycles. The summed E-state index contributed by atoms with van der Waals surface area (Å²) in [4.78, 5) is 15.3. The highest BCUT2D eigenvalue weighted by molar-refractivity contribution is 6.13. The number of furan rings is 1. The number of benzene rings is 2. The zero-order valence-corrected chi connectivity index (χ0v) is 12.3. The van der Waals surface area contributed by atoms with Gasteiger partial charge in [-0.3, -0.25) is 4.79 Å². The average molecular weight is 309 g/mol. The summed E-state index contributed by atoms with van der Waals surface area (Å²) in [6.07, 6.45) is 0.567. The molecule has 0 saturated carbocycles. The molecule has 0 aliphatic carbocycles. The van der Waals surface area contributed by atoms with E-state index in [1.807, 2.05) is 36.4 Å². The quantitative estimate of drug-likeness (QED) is 0.568. The van der Waals surface area contributed by atoms with E-state index in [0.29, 0.717) is 40.8 Å². The number of aliphatic hydroxyl groups is 1. The van der Waals surface area contributed by atoms with Crippen LogP contribution in [0.3, 0.4) is 0 Å². The van der Waals surface area contributed by atoms with Gasteiger partial charge in [0.25, 0.3) is 5.56 Å². The van der Waals surface area contributed by atoms with Gasteiger partial charge in [0, 0.05) is 29.9 Å². The van der Waals surface area contributed by atoms with Gasteiger partial charge in [0.2, 0.25) is 0 Å². The molecule has 0 spiro atoms. The predicted molar refractivity (Wildman–Crippen MR) is 89.0 cm³/mol. The molecule has 0 saturated heterocycles. The summed E-state index contributed by atoms with van der Waals surface area (Å²) in [5.74, 6) is 0.650. The first-order chi connectivity index (χ1) is 11.3. The van der Waals surface area contributed by atoms with Crippen LogP contribution < -0.4 is 10.3 Å². The predicted octanol–water partition coefficient (Wildman–Crippen LogP) is 3.19. The zero-order chi connectivity index (χ0) is 15.8. The lowest BCUT2D eigenvalue weighted by Crippen LogP contribution is -2.05. The molecule has 0 unspecified atom stereocenters. The van der Waals surface area contributed by atoms with Crippen LogP contribution in [0.2, 0.25) is 0 Å². The molecule has 0 amide bonds. The largest absolute Gasteiger partial charge is 0.493 e. The van der Waals surface area contributed by atoms with E-state index in [9.17, 15) is 4.79 Å². The molecular weight excluding hydrogens is 294 g/mol. The van der Waals surface area contributed by atoms with E-state index in [0.717, 1.165) is 10.8 Å². The number of aromatic amines is 1. The Morgan fingerprint density at radius 3 is 2.87 bits per heavy atom. The van der Waals surface area contributed by atoms with Crippen molar-refractivity contribution in [1.29, 1.82) is 0 Å². The van der Waals surface area contributed by atoms with Crippen LogP contribution in [0, 0.1) is 0 Å². The van der Waals surface area contributed by atoms with E-state index in [4.69, 9.17) is 14.3 Å². The normalized spacial score (nSPS) is 11.5. The fourth-order valence-electron chi connectivity index (χ4n) is 2.81. The van der Waals surface area contributed by atoms with Crippen molar-refractivity contribution in [2.24, 2.45) is 0 Å². The van der Waals surface area contributed by atoms with Gasteiger partial charge < -0.3 is 19.2 Å². The van der Waals surface area contributed by atoms with Crippen molar-refractivity contribution < 1.29 is 14.3 Å². The van der Waals surface area contributed by atoms with Crippen molar-refractivity contribution >= 4 is 32.8 Å². The van der Waals surface area contributed by atoms with E-state index in [1.54, 1.807) is 6.07 Å². The molecule has 2 heterocycles. The molecule has 5 heteroatoms. The van der Waals surface area contributed by atoms with Crippen molar-refractivity contribution in [3.8, 4) is 5.75 Å². The van der Waals surface area contributed by atoms with Gasteiger partial charge in [-0.25, -0.2) is 0 Å². The van der Waals surface area contributed by atoms with Crippen LogP contribution in [0.25, 0.3) is 32.8 Å². The molecule has 2 aromatic carbocycles. The Hall–Kier alpha value is -2.79. The first-order valence-electron chi connectivity index (χ1n) is 7.49. The maximum absolute atomic E-state index is 12.5. The summed E-state index contributed by atoms with van der Waals surface area (Å²) in [5.41, 5.74) is 1.78. The van der Waals surface area contributed by atoms with Crippen LogP contribution >= 0.6 is 0 Å². The number of ether oxygens (including phenoxy) is 1. The Bertz CT molecular complexity index is 1060. The summed E-state index contributed by atoms with van der Waals surface area (Å²) in [6, 6.07) is 13.0. The lowest BCUT2D eigenvalue weighted by atomic mass is 10.1. The molecule has 2 N–H and O–H groups in total. The maximum Gasteiger partial charge on any atom is 0.260 e. The van der Waals surface area contributed by atoms with E-state index >= 15 is 0 Å². The van der Waals surface area contributed by atoms with Gasteiger partial charge >= 0.3 is 0 Å². The fourth-order valence-corrected chi connectivity index (χ4v) is 2.81. The molecule has 0 bridgehead atoms. The van der Waals surface area contributed by atoms with Gasteiger partial charge in [0.1, 0.15) is 16.9 Å². The second kappa shape index (κ2) is 5.44. The van der Waals surface area contributed by atoms with E-state index in [-0.39, 0.29) is 12.2 Å². The molecule has 5 nitrogen and oxygen atoms in total. The van der Waals surface area contributed by atoms with E-state index in [2.05, 4.69) is 4.98 Å². The van der Waals surface area contributed by atoms with Gasteiger partial charge in [0.05, 0.1) is 17.5 Å². The number of nitrogens with one attached hydrogen (secondary N) is 1. The van der Waals surface area contributed by atoms with Crippen molar-refractivity contribution in [3.63, 3.8) is 0 Å². The summed E-state index contributed by atoms with van der Waals surface area (Å²) < 4.78 is 11.4. The Morgan fingerprint density at radius 1 is 1.13 bits per heavy atom. The topological polar surface area (TPSA) is 75.5 Å². The minimum Gasteiger partial charge on any atom is -0.493 e. The van der Waals surface area contributed by atoms with Gasteiger partial charge in [-0.15, -0.1) is 0 Å². The summed E-state index contributed by atoms with van der Waals surface area (Å²) in [6.45, 7) is 0.517. The molecule has 4 rings (SSSR count). The lowest BCUT2D eigenvalue weighted by Gasteiger charge is -2.06. The number of aromatic nitrogens is 1. The van der Waals surface area contributed by atoms with Gasteiger partial charge in [-0.05, 0) is 18.2 Å². The number of para-hydroxylation sites is 1. The third-order valence-electron chi connectivity index (χ3n) is 3.88. The molecule has 0 aliphatic rings. The Morgan fingerprint density at radius 2 is 2.00 bits per heavy atom. The Balaban J connectivity index is 1.93. The number of H-pyrrole nitrogens is 1. The zero-order valence-electron chi connectivity index (χ0n) is 12.3. The first kappa shape index (κ1) is 13.8. The second-order valence-corrected chi connectivity index (χ2v) is 5.39. The highest BCUT2D eigenvalue weighted by atomic mass is 16.5. The van der Waals surface area contributed by atoms with Crippen molar-refractivity contribution in [2.75, 3.05) is 13.2 Å². The Kier molecular flexibility index (Phi) is 3.28. The van der Waals surface area contributed by atoms with E-state index < -0.39 is 0 Å². The third-order valence-corrected chi connectivity index (χ3v) is 3.88. The number of pyridine rings is 1. The summed E-state index contributed by atoms with van der Waals surface area (Å²) in [7, 11) is 0. The first-order valence-corrected chi connectivity index (χ1v) is 7.49. The molecule has 0 fully saturated rings. The second-order valence-electron chi connectivity index (χ2n) is 5.39. The van der Waals surface area contributed by atoms with Crippen LogP contribution in [-0.2, 0) is 0 Å². The van der Waals surface area contributed by atoms with Crippen molar-refractivity contribution in [1.82, 2.24) is 4.98 Å². The SMILES string of the molecule is O=c1[nH]c2cc(OCCCO)ccc2c2oc3ccccc3c12. The summed E-state index contributed by atoms with van der Waals surface area (Å²) in [5, 5.41) is 11.0. The smallest absolute Gasteiger partial charge is 0.260 e. The molecule has 0 radical (unpaired) electrons. The minimum atomic E-state index is -0.176. The van der Waals surface area contributed by atoms with Gasteiger partial charge in [-0.1, -0.05) is 18.2 Å². The molecular formula is C18H15NO4. The van der Waals surface area contributed by atoms with Crippen molar-refractivity contribution in [3.05, 3.63) is 52.8 Å². The number of aliphatic hydroxyl groups excluding tert-OH is 1. The maximum atomic E-state index is 12.5. The molecule has 0 atom stereocenters. The highest BCUT2D eigenvalue weighted by Gasteiger charge is 2.14. The molecule has 116 valence electrons. The van der Waals surface area contributed by atoms with Crippen LogP contribution in [0.4, 0.5) is 0 Å². The van der Waals surface area contributed by atoms with Gasteiger partial charge in [-0.2, -0.15) is 0 Å². The molecule has 2 aromatic heterocycles. The van der Waals surface area contributed by atoms with Crippen LogP contribution in [0.5, 0.6) is 5.75 Å². The monoisotopic (exact) mass is 309 g/mol. The number of hydrogen-bond donors (Lipinski definition) is 2. The number of rotatable bonds is 4.